The third kappa shape index (κ3) is 4.81. The molecule has 1 fully saturated rings. The zero-order chi connectivity index (χ0) is 11.8. The van der Waals surface area contributed by atoms with Crippen molar-refractivity contribution in [2.45, 2.75) is 39.7 Å². The van der Waals surface area contributed by atoms with Crippen LogP contribution in [0.3, 0.4) is 0 Å². The van der Waals surface area contributed by atoms with Crippen molar-refractivity contribution < 1.29 is 0 Å². The molecule has 1 aliphatic rings. The first-order valence-electron chi connectivity index (χ1n) is 6.95. The fourth-order valence-corrected chi connectivity index (χ4v) is 2.26. The minimum atomic E-state index is 0.691. The largest absolute Gasteiger partial charge is 0.315 e. The standard InChI is InChI=1S/C13H29N3/c1-4-6-7-14-12-13(3)16-10-8-15(5-2)9-11-16/h13-14H,4-12H2,1-3H3. The topological polar surface area (TPSA) is 18.5 Å². The molecule has 96 valence electrons. The molecule has 0 bridgehead atoms. The summed E-state index contributed by atoms with van der Waals surface area (Å²) in [7, 11) is 0. The molecule has 16 heavy (non-hydrogen) atoms. The van der Waals surface area contributed by atoms with Crippen molar-refractivity contribution in [1.82, 2.24) is 15.1 Å². The Morgan fingerprint density at radius 1 is 1.12 bits per heavy atom. The Balaban J connectivity index is 2.10. The molecule has 0 spiro atoms. The summed E-state index contributed by atoms with van der Waals surface area (Å²) in [6.07, 6.45) is 2.59. The van der Waals surface area contributed by atoms with Gasteiger partial charge in [-0.05, 0) is 26.4 Å². The molecule has 1 N–H and O–H groups in total. The lowest BCUT2D eigenvalue weighted by Gasteiger charge is -2.37. The van der Waals surface area contributed by atoms with Crippen molar-refractivity contribution in [3.8, 4) is 0 Å². The van der Waals surface area contributed by atoms with Crippen molar-refractivity contribution >= 4 is 0 Å². The van der Waals surface area contributed by atoms with Crippen LogP contribution in [0.2, 0.25) is 0 Å². The van der Waals surface area contributed by atoms with Gasteiger partial charge >= 0.3 is 0 Å². The van der Waals surface area contributed by atoms with Crippen molar-refractivity contribution in [2.75, 3.05) is 45.8 Å². The first kappa shape index (κ1) is 13.9. The summed E-state index contributed by atoms with van der Waals surface area (Å²) in [6, 6.07) is 0.691. The predicted octanol–water partition coefficient (Wildman–Crippen LogP) is 1.40. The van der Waals surface area contributed by atoms with E-state index in [1.165, 1.54) is 52.1 Å². The van der Waals surface area contributed by atoms with E-state index in [4.69, 9.17) is 0 Å². The second kappa shape index (κ2) is 8.04. The lowest BCUT2D eigenvalue weighted by molar-refractivity contribution is 0.105. The van der Waals surface area contributed by atoms with Gasteiger partial charge in [0.05, 0.1) is 0 Å². The Kier molecular flexibility index (Phi) is 7.01. The van der Waals surface area contributed by atoms with Gasteiger partial charge in [-0.2, -0.15) is 0 Å². The SMILES string of the molecule is CCCCNCC(C)N1CCN(CC)CC1. The van der Waals surface area contributed by atoms with Gasteiger partial charge in [-0.1, -0.05) is 20.3 Å². The summed E-state index contributed by atoms with van der Waals surface area (Å²) in [5.41, 5.74) is 0. The number of nitrogens with one attached hydrogen (secondary N) is 1. The highest BCUT2D eigenvalue weighted by Crippen LogP contribution is 2.05. The van der Waals surface area contributed by atoms with E-state index in [9.17, 15) is 0 Å². The minimum absolute atomic E-state index is 0.691. The van der Waals surface area contributed by atoms with E-state index in [0.717, 1.165) is 6.54 Å². The third-order valence-electron chi connectivity index (χ3n) is 3.62. The highest BCUT2D eigenvalue weighted by Gasteiger charge is 2.19. The lowest BCUT2D eigenvalue weighted by atomic mass is 10.2. The summed E-state index contributed by atoms with van der Waals surface area (Å²) in [6.45, 7) is 15.3. The van der Waals surface area contributed by atoms with Crippen LogP contribution in [0.1, 0.15) is 33.6 Å². The fraction of sp³-hybridized carbons (Fsp3) is 1.00. The Bertz CT molecular complexity index is 165. The highest BCUT2D eigenvalue weighted by atomic mass is 15.3. The van der Waals surface area contributed by atoms with Crippen molar-refractivity contribution in [3.63, 3.8) is 0 Å². The van der Waals surface area contributed by atoms with Crippen LogP contribution >= 0.6 is 0 Å². The summed E-state index contributed by atoms with van der Waals surface area (Å²) in [5, 5.41) is 3.55. The monoisotopic (exact) mass is 227 g/mol. The molecule has 1 aliphatic heterocycles. The second-order valence-electron chi connectivity index (χ2n) is 4.88. The number of likely N-dealkylation sites (N-methyl/N-ethyl adjacent to an activating group) is 1. The first-order valence-corrected chi connectivity index (χ1v) is 6.95. The van der Waals surface area contributed by atoms with Crippen LogP contribution in [-0.4, -0.2) is 61.7 Å². The molecular weight excluding hydrogens is 198 g/mol. The van der Waals surface area contributed by atoms with Gasteiger partial charge in [0.2, 0.25) is 0 Å². The van der Waals surface area contributed by atoms with Crippen molar-refractivity contribution in [3.05, 3.63) is 0 Å². The molecule has 1 rings (SSSR count). The number of hydrogen-bond donors (Lipinski definition) is 1. The van der Waals surface area contributed by atoms with E-state index in [-0.39, 0.29) is 0 Å². The zero-order valence-electron chi connectivity index (χ0n) is 11.3. The molecule has 1 heterocycles. The zero-order valence-corrected chi connectivity index (χ0v) is 11.3. The molecule has 0 saturated carbocycles. The number of piperazine rings is 1. The van der Waals surface area contributed by atoms with Crippen LogP contribution in [0.4, 0.5) is 0 Å². The van der Waals surface area contributed by atoms with E-state index >= 15 is 0 Å². The van der Waals surface area contributed by atoms with Gasteiger partial charge in [0, 0.05) is 38.8 Å². The molecular formula is C13H29N3. The van der Waals surface area contributed by atoms with Crippen LogP contribution in [0.5, 0.6) is 0 Å². The summed E-state index contributed by atoms with van der Waals surface area (Å²) >= 11 is 0. The second-order valence-corrected chi connectivity index (χ2v) is 4.88. The van der Waals surface area contributed by atoms with Crippen molar-refractivity contribution in [2.24, 2.45) is 0 Å². The summed E-state index contributed by atoms with van der Waals surface area (Å²) < 4.78 is 0. The Morgan fingerprint density at radius 3 is 2.38 bits per heavy atom. The Morgan fingerprint density at radius 2 is 1.81 bits per heavy atom. The average Bonchev–Trinajstić information content (AvgIpc) is 2.34. The van der Waals surface area contributed by atoms with E-state index in [2.05, 4.69) is 35.9 Å². The maximum absolute atomic E-state index is 3.55. The molecule has 3 nitrogen and oxygen atoms in total. The fourth-order valence-electron chi connectivity index (χ4n) is 2.26. The van der Waals surface area contributed by atoms with Gasteiger partial charge in [0.25, 0.3) is 0 Å². The van der Waals surface area contributed by atoms with Gasteiger partial charge in [0.15, 0.2) is 0 Å². The maximum atomic E-state index is 3.55. The normalized spacial score (nSPS) is 21.2. The van der Waals surface area contributed by atoms with E-state index in [1.807, 2.05) is 0 Å². The van der Waals surface area contributed by atoms with Crippen LogP contribution in [-0.2, 0) is 0 Å². The maximum Gasteiger partial charge on any atom is 0.0193 e. The van der Waals surface area contributed by atoms with Crippen LogP contribution in [0.15, 0.2) is 0 Å². The summed E-state index contributed by atoms with van der Waals surface area (Å²) in [4.78, 5) is 5.15. The summed E-state index contributed by atoms with van der Waals surface area (Å²) in [5.74, 6) is 0. The quantitative estimate of drug-likeness (QED) is 0.663. The van der Waals surface area contributed by atoms with E-state index < -0.39 is 0 Å². The average molecular weight is 227 g/mol. The Labute approximate surface area is 101 Å². The van der Waals surface area contributed by atoms with Crippen LogP contribution in [0.25, 0.3) is 0 Å². The van der Waals surface area contributed by atoms with Gasteiger partial charge < -0.3 is 10.2 Å². The molecule has 3 heteroatoms. The molecule has 1 saturated heterocycles. The molecule has 0 aromatic rings. The van der Waals surface area contributed by atoms with Gasteiger partial charge in [-0.3, -0.25) is 4.90 Å². The Hall–Kier alpha value is -0.120. The number of hydrogen-bond acceptors (Lipinski definition) is 3. The smallest absolute Gasteiger partial charge is 0.0193 e. The third-order valence-corrected chi connectivity index (χ3v) is 3.62. The number of unbranched alkanes of at least 4 members (excludes halogenated alkanes) is 1. The molecule has 1 unspecified atom stereocenters. The molecule has 0 aromatic heterocycles. The number of nitrogens with zero attached hydrogens (tertiary/aromatic N) is 2. The first-order chi connectivity index (χ1) is 7.77. The highest BCUT2D eigenvalue weighted by molar-refractivity contribution is 4.76. The van der Waals surface area contributed by atoms with E-state index in [0.29, 0.717) is 6.04 Å². The molecule has 0 aliphatic carbocycles. The van der Waals surface area contributed by atoms with Gasteiger partial charge in [-0.15, -0.1) is 0 Å². The lowest BCUT2D eigenvalue weighted by Crippen LogP contribution is -2.51. The predicted molar refractivity (Wildman–Crippen MR) is 70.9 cm³/mol. The number of rotatable bonds is 7. The molecule has 0 radical (unpaired) electrons. The minimum Gasteiger partial charge on any atom is -0.315 e. The molecule has 0 amide bonds. The molecule has 1 atom stereocenters. The van der Waals surface area contributed by atoms with Gasteiger partial charge in [-0.25, -0.2) is 0 Å². The van der Waals surface area contributed by atoms with Crippen LogP contribution < -0.4 is 5.32 Å². The molecule has 0 aromatic carbocycles. The van der Waals surface area contributed by atoms with Gasteiger partial charge in [0.1, 0.15) is 0 Å². The van der Waals surface area contributed by atoms with E-state index in [1.54, 1.807) is 0 Å². The van der Waals surface area contributed by atoms with Crippen molar-refractivity contribution in [1.29, 1.82) is 0 Å². The van der Waals surface area contributed by atoms with Crippen LogP contribution in [0, 0.1) is 0 Å².